The number of aryl methyl sites for hydroxylation is 1. The Kier molecular flexibility index (Phi) is 5.02. The zero-order chi connectivity index (χ0) is 21.3. The van der Waals surface area contributed by atoms with Crippen LogP contribution < -0.4 is 9.47 Å². The average molecular weight is 423 g/mol. The molecule has 2 aromatic carbocycles. The summed E-state index contributed by atoms with van der Waals surface area (Å²) in [7, 11) is 0. The predicted octanol–water partition coefficient (Wildman–Crippen LogP) is 4.94. The fraction of sp³-hybridized carbons (Fsp3) is 0.211. The Balaban J connectivity index is 1.42. The summed E-state index contributed by atoms with van der Waals surface area (Å²) in [4.78, 5) is 5.28. The van der Waals surface area contributed by atoms with Crippen LogP contribution in [0.4, 0.5) is 17.6 Å². The molecule has 156 valence electrons. The van der Waals surface area contributed by atoms with Gasteiger partial charge in [0.1, 0.15) is 17.3 Å². The molecular weight excluding hydrogens is 410 g/mol. The van der Waals surface area contributed by atoms with Gasteiger partial charge in [0.2, 0.25) is 17.7 Å². The first kappa shape index (κ1) is 19.7. The number of halogens is 4. The second kappa shape index (κ2) is 7.65. The first-order chi connectivity index (χ1) is 14.2. The molecule has 1 aliphatic heterocycles. The average Bonchev–Trinajstić information content (AvgIpc) is 3.30. The van der Waals surface area contributed by atoms with E-state index in [-0.39, 0.29) is 29.7 Å². The molecule has 0 saturated carbocycles. The van der Waals surface area contributed by atoms with E-state index >= 15 is 0 Å². The minimum atomic E-state index is -4.76. The van der Waals surface area contributed by atoms with E-state index in [4.69, 9.17) is 14.0 Å². The Bertz CT molecular complexity index is 1080. The molecule has 0 spiro atoms. The van der Waals surface area contributed by atoms with Crippen LogP contribution in [0.3, 0.4) is 0 Å². The predicted molar refractivity (Wildman–Crippen MR) is 94.1 cm³/mol. The maximum atomic E-state index is 14.0. The number of nitrogens with zero attached hydrogens (tertiary/aromatic N) is 3. The zero-order valence-corrected chi connectivity index (χ0v) is 15.3. The van der Waals surface area contributed by atoms with Gasteiger partial charge in [-0.05, 0) is 29.8 Å². The van der Waals surface area contributed by atoms with Crippen LogP contribution >= 0.6 is 0 Å². The highest BCUT2D eigenvalue weighted by Crippen LogP contribution is 2.32. The summed E-state index contributed by atoms with van der Waals surface area (Å²) < 4.78 is 65.4. The Morgan fingerprint density at radius 3 is 2.47 bits per heavy atom. The van der Waals surface area contributed by atoms with Crippen LogP contribution in [0.25, 0.3) is 11.5 Å². The van der Waals surface area contributed by atoms with Crippen molar-refractivity contribution >= 4 is 5.90 Å². The summed E-state index contributed by atoms with van der Waals surface area (Å²) in [6.45, 7) is 1.61. The maximum absolute atomic E-state index is 14.0. The summed E-state index contributed by atoms with van der Waals surface area (Å²) in [6.07, 6.45) is -5.13. The lowest BCUT2D eigenvalue weighted by atomic mass is 10.1. The zero-order valence-electron chi connectivity index (χ0n) is 15.3. The van der Waals surface area contributed by atoms with E-state index in [9.17, 15) is 17.6 Å². The smallest absolute Gasteiger partial charge is 0.439 e. The maximum Gasteiger partial charge on any atom is 0.573 e. The molecule has 4 rings (SSSR count). The molecule has 1 atom stereocenters. The first-order valence-electron chi connectivity index (χ1n) is 8.62. The van der Waals surface area contributed by atoms with Crippen LogP contribution in [0.5, 0.6) is 11.5 Å². The van der Waals surface area contributed by atoms with Gasteiger partial charge >= 0.3 is 6.36 Å². The van der Waals surface area contributed by atoms with Crippen molar-refractivity contribution < 1.29 is 36.3 Å². The summed E-state index contributed by atoms with van der Waals surface area (Å²) in [5, 5.41) is 11.4. The van der Waals surface area contributed by atoms with E-state index in [0.717, 1.165) is 6.07 Å². The van der Waals surface area contributed by atoms with Gasteiger partial charge in [-0.1, -0.05) is 17.3 Å². The number of oxime groups is 1. The Labute approximate surface area is 166 Å². The molecule has 0 saturated heterocycles. The van der Waals surface area contributed by atoms with Crippen LogP contribution in [0.2, 0.25) is 0 Å². The Morgan fingerprint density at radius 1 is 1.03 bits per heavy atom. The molecule has 30 heavy (non-hydrogen) atoms. The molecule has 0 aliphatic carbocycles. The molecule has 0 unspecified atom stereocenters. The molecule has 2 heterocycles. The fourth-order valence-electron chi connectivity index (χ4n) is 2.77. The van der Waals surface area contributed by atoms with Gasteiger partial charge in [-0.3, -0.25) is 0 Å². The molecule has 11 heteroatoms. The third kappa shape index (κ3) is 4.67. The quantitative estimate of drug-likeness (QED) is 0.554. The highest BCUT2D eigenvalue weighted by atomic mass is 19.4. The summed E-state index contributed by atoms with van der Waals surface area (Å²) in [6, 6.07) is 9.11. The summed E-state index contributed by atoms with van der Waals surface area (Å²) in [5.41, 5.74) is 0.912. The van der Waals surface area contributed by atoms with Crippen molar-refractivity contribution in [2.24, 2.45) is 5.16 Å². The molecule has 0 radical (unpaired) electrons. The summed E-state index contributed by atoms with van der Waals surface area (Å²) >= 11 is 0. The number of hydrogen-bond donors (Lipinski definition) is 0. The van der Waals surface area contributed by atoms with E-state index < -0.39 is 18.3 Å². The third-order valence-electron chi connectivity index (χ3n) is 4.01. The molecular formula is C19H13F4N3O4. The third-order valence-corrected chi connectivity index (χ3v) is 4.01. The standard InChI is InChI=1S/C19H13F4N3O4/c1-10-24-25-18(27-10)12-6-13(20)8-15(7-12)28-17-9-16(30-26-17)11-2-4-14(5-3-11)29-19(21,22)23/h2-8,16H,9H2,1H3/t16-/m0/s1. The monoisotopic (exact) mass is 423 g/mol. The van der Waals surface area contributed by atoms with Gasteiger partial charge in [-0.2, -0.15) is 0 Å². The first-order valence-corrected chi connectivity index (χ1v) is 8.62. The largest absolute Gasteiger partial charge is 0.573 e. The van der Waals surface area contributed by atoms with Crippen molar-refractivity contribution in [1.29, 1.82) is 0 Å². The van der Waals surface area contributed by atoms with Crippen molar-refractivity contribution in [2.75, 3.05) is 0 Å². The van der Waals surface area contributed by atoms with Gasteiger partial charge in [0.25, 0.3) is 0 Å². The van der Waals surface area contributed by atoms with Crippen LogP contribution in [-0.4, -0.2) is 22.5 Å². The second-order valence-corrected chi connectivity index (χ2v) is 6.30. The highest BCUT2D eigenvalue weighted by Gasteiger charge is 2.31. The molecule has 0 bridgehead atoms. The van der Waals surface area contributed by atoms with Gasteiger partial charge in [-0.15, -0.1) is 23.4 Å². The van der Waals surface area contributed by atoms with Gasteiger partial charge in [0.15, 0.2) is 6.10 Å². The number of hydrogen-bond acceptors (Lipinski definition) is 7. The van der Waals surface area contributed by atoms with Crippen LogP contribution in [0, 0.1) is 12.7 Å². The van der Waals surface area contributed by atoms with Crippen molar-refractivity contribution in [2.45, 2.75) is 25.8 Å². The van der Waals surface area contributed by atoms with Crippen LogP contribution in [0.1, 0.15) is 24.0 Å². The molecule has 3 aromatic rings. The van der Waals surface area contributed by atoms with Crippen LogP contribution in [0.15, 0.2) is 52.0 Å². The topological polar surface area (TPSA) is 79.0 Å². The normalized spacial score (nSPS) is 16.2. The van der Waals surface area contributed by atoms with Crippen molar-refractivity contribution in [3.63, 3.8) is 0 Å². The van der Waals surface area contributed by atoms with Crippen molar-refractivity contribution in [3.8, 4) is 23.0 Å². The minimum Gasteiger partial charge on any atom is -0.439 e. The lowest BCUT2D eigenvalue weighted by Gasteiger charge is -2.11. The number of alkyl halides is 3. The Morgan fingerprint density at radius 2 is 1.80 bits per heavy atom. The second-order valence-electron chi connectivity index (χ2n) is 6.30. The fourth-order valence-corrected chi connectivity index (χ4v) is 2.77. The number of aromatic nitrogens is 2. The van der Waals surface area contributed by atoms with Gasteiger partial charge in [0.05, 0.1) is 6.42 Å². The SMILES string of the molecule is Cc1nnc(-c2cc(F)cc(OC3=NO[C@H](c4ccc(OC(F)(F)F)cc4)C3)c2)o1. The van der Waals surface area contributed by atoms with E-state index in [1.807, 2.05) is 0 Å². The van der Waals surface area contributed by atoms with Crippen molar-refractivity contribution in [1.82, 2.24) is 10.2 Å². The van der Waals surface area contributed by atoms with Crippen molar-refractivity contribution in [3.05, 3.63) is 59.7 Å². The van der Waals surface area contributed by atoms with E-state index in [1.165, 1.54) is 36.4 Å². The Hall–Kier alpha value is -3.63. The minimum absolute atomic E-state index is 0.139. The van der Waals surface area contributed by atoms with Gasteiger partial charge in [-0.25, -0.2) is 4.39 Å². The molecule has 0 amide bonds. The number of benzene rings is 2. The van der Waals surface area contributed by atoms with E-state index in [2.05, 4.69) is 20.1 Å². The molecule has 1 aliphatic rings. The lowest BCUT2D eigenvalue weighted by Crippen LogP contribution is -2.17. The highest BCUT2D eigenvalue weighted by molar-refractivity contribution is 5.80. The number of rotatable bonds is 4. The van der Waals surface area contributed by atoms with Gasteiger partial charge < -0.3 is 18.7 Å². The molecule has 0 N–H and O–H groups in total. The molecule has 0 fully saturated rings. The van der Waals surface area contributed by atoms with E-state index in [0.29, 0.717) is 17.0 Å². The lowest BCUT2D eigenvalue weighted by molar-refractivity contribution is -0.274. The molecule has 7 nitrogen and oxygen atoms in total. The van der Waals surface area contributed by atoms with Gasteiger partial charge in [0, 0.05) is 18.6 Å². The van der Waals surface area contributed by atoms with Crippen LogP contribution in [-0.2, 0) is 4.84 Å². The number of ether oxygens (including phenoxy) is 2. The summed E-state index contributed by atoms with van der Waals surface area (Å²) in [5.74, 6) is -0.119. The van der Waals surface area contributed by atoms with E-state index in [1.54, 1.807) is 6.92 Å². The molecule has 1 aromatic heterocycles.